The fourth-order valence-corrected chi connectivity index (χ4v) is 4.60. The van der Waals surface area contributed by atoms with Gasteiger partial charge in [0, 0.05) is 11.8 Å². The molecule has 2 saturated carbocycles. The molecule has 0 aromatic rings. The quantitative estimate of drug-likeness (QED) is 0.646. The first kappa shape index (κ1) is 13.4. The van der Waals surface area contributed by atoms with E-state index in [0.29, 0.717) is 0 Å². The van der Waals surface area contributed by atoms with Crippen LogP contribution in [0.2, 0.25) is 0 Å². The number of rotatable bonds is 3. The minimum atomic E-state index is 0.940. The molecule has 0 bridgehead atoms. The standard InChI is InChI=1S/C16H32N/c1-17(2,3)16(14-10-6-4-7-11-14)15-12-8-5-9-13-15/h14-16H,4-13H2,1-3H3/q+1. The van der Waals surface area contributed by atoms with Crippen LogP contribution < -0.4 is 0 Å². The third kappa shape index (κ3) is 3.47. The predicted octanol–water partition coefficient (Wildman–Crippen LogP) is 4.22. The second-order valence-corrected chi connectivity index (χ2v) is 7.40. The van der Waals surface area contributed by atoms with Crippen molar-refractivity contribution in [1.29, 1.82) is 0 Å². The molecule has 0 aliphatic heterocycles. The Hall–Kier alpha value is -0.0400. The molecule has 2 aliphatic rings. The largest absolute Gasteiger partial charge is 0.328 e. The molecule has 1 heteroatoms. The zero-order valence-electron chi connectivity index (χ0n) is 12.3. The van der Waals surface area contributed by atoms with Gasteiger partial charge in [-0.05, 0) is 25.7 Å². The Morgan fingerprint density at radius 2 is 1.00 bits per heavy atom. The van der Waals surface area contributed by atoms with E-state index in [1.165, 1.54) is 68.7 Å². The van der Waals surface area contributed by atoms with Crippen molar-refractivity contribution in [1.82, 2.24) is 0 Å². The lowest BCUT2D eigenvalue weighted by molar-refractivity contribution is -0.905. The molecule has 0 aromatic carbocycles. The van der Waals surface area contributed by atoms with Crippen LogP contribution in [-0.4, -0.2) is 31.7 Å². The van der Waals surface area contributed by atoms with Crippen LogP contribution in [0.5, 0.6) is 0 Å². The Morgan fingerprint density at radius 1 is 0.647 bits per heavy atom. The first-order valence-corrected chi connectivity index (χ1v) is 7.90. The summed E-state index contributed by atoms with van der Waals surface area (Å²) >= 11 is 0. The number of quaternary nitrogens is 1. The fourth-order valence-electron chi connectivity index (χ4n) is 4.60. The summed E-state index contributed by atoms with van der Waals surface area (Å²) in [4.78, 5) is 0. The van der Waals surface area contributed by atoms with Gasteiger partial charge in [-0.2, -0.15) is 0 Å². The Kier molecular flexibility index (Phi) is 4.52. The van der Waals surface area contributed by atoms with E-state index in [9.17, 15) is 0 Å². The average molecular weight is 238 g/mol. The van der Waals surface area contributed by atoms with Gasteiger partial charge in [0.05, 0.1) is 27.2 Å². The Bertz CT molecular complexity index is 198. The lowest BCUT2D eigenvalue weighted by Gasteiger charge is -2.46. The van der Waals surface area contributed by atoms with E-state index in [0.717, 1.165) is 17.9 Å². The maximum Gasteiger partial charge on any atom is 0.0941 e. The monoisotopic (exact) mass is 238 g/mol. The highest BCUT2D eigenvalue weighted by Crippen LogP contribution is 2.39. The van der Waals surface area contributed by atoms with Gasteiger partial charge in [0.1, 0.15) is 0 Å². The van der Waals surface area contributed by atoms with Gasteiger partial charge < -0.3 is 4.48 Å². The van der Waals surface area contributed by atoms with E-state index in [1.807, 2.05) is 0 Å². The first-order chi connectivity index (χ1) is 8.09. The van der Waals surface area contributed by atoms with Crippen LogP contribution in [0, 0.1) is 11.8 Å². The fraction of sp³-hybridized carbons (Fsp3) is 1.00. The second kappa shape index (κ2) is 5.73. The lowest BCUT2D eigenvalue weighted by Crippen LogP contribution is -2.54. The van der Waals surface area contributed by atoms with Gasteiger partial charge >= 0.3 is 0 Å². The summed E-state index contributed by atoms with van der Waals surface area (Å²) in [6.45, 7) is 0. The topological polar surface area (TPSA) is 0 Å². The van der Waals surface area contributed by atoms with Crippen molar-refractivity contribution in [2.75, 3.05) is 21.1 Å². The molecule has 0 atom stereocenters. The molecular formula is C16H32N+. The summed E-state index contributed by atoms with van der Waals surface area (Å²) in [5.74, 6) is 2.04. The minimum Gasteiger partial charge on any atom is -0.328 e. The van der Waals surface area contributed by atoms with Crippen LogP contribution >= 0.6 is 0 Å². The molecule has 2 rings (SSSR count). The summed E-state index contributed by atoms with van der Waals surface area (Å²) in [6, 6.07) is 0.940. The van der Waals surface area contributed by atoms with Crippen molar-refractivity contribution < 1.29 is 4.48 Å². The molecular weight excluding hydrogens is 206 g/mol. The van der Waals surface area contributed by atoms with Crippen molar-refractivity contribution in [3.8, 4) is 0 Å². The molecule has 0 aromatic heterocycles. The van der Waals surface area contributed by atoms with Gasteiger partial charge in [-0.1, -0.05) is 38.5 Å². The van der Waals surface area contributed by atoms with Gasteiger partial charge in [0.25, 0.3) is 0 Å². The Balaban J connectivity index is 2.06. The highest BCUT2D eigenvalue weighted by Gasteiger charge is 2.39. The van der Waals surface area contributed by atoms with E-state index >= 15 is 0 Å². The highest BCUT2D eigenvalue weighted by molar-refractivity contribution is 4.82. The summed E-state index contributed by atoms with van der Waals surface area (Å²) in [5.41, 5.74) is 0. The van der Waals surface area contributed by atoms with Crippen molar-refractivity contribution in [2.45, 2.75) is 70.3 Å². The van der Waals surface area contributed by atoms with Crippen molar-refractivity contribution >= 4 is 0 Å². The third-order valence-electron chi connectivity index (χ3n) is 5.16. The van der Waals surface area contributed by atoms with Crippen LogP contribution in [0.3, 0.4) is 0 Å². The van der Waals surface area contributed by atoms with E-state index in [2.05, 4.69) is 21.1 Å². The average Bonchev–Trinajstić information content (AvgIpc) is 2.30. The van der Waals surface area contributed by atoms with Crippen LogP contribution in [0.25, 0.3) is 0 Å². The molecule has 2 aliphatic carbocycles. The zero-order valence-corrected chi connectivity index (χ0v) is 12.3. The van der Waals surface area contributed by atoms with E-state index in [4.69, 9.17) is 0 Å². The SMILES string of the molecule is C[N+](C)(C)C(C1CCCCC1)C1CCCCC1. The summed E-state index contributed by atoms with van der Waals surface area (Å²) in [5, 5.41) is 0. The number of nitrogens with zero attached hydrogens (tertiary/aromatic N) is 1. The third-order valence-corrected chi connectivity index (χ3v) is 5.16. The normalized spacial score (nSPS) is 25.4. The second-order valence-electron chi connectivity index (χ2n) is 7.40. The number of hydrogen-bond donors (Lipinski definition) is 0. The van der Waals surface area contributed by atoms with Crippen molar-refractivity contribution in [3.05, 3.63) is 0 Å². The molecule has 0 spiro atoms. The van der Waals surface area contributed by atoms with E-state index < -0.39 is 0 Å². The molecule has 2 fully saturated rings. The molecule has 0 N–H and O–H groups in total. The molecule has 0 amide bonds. The predicted molar refractivity (Wildman–Crippen MR) is 75.0 cm³/mol. The van der Waals surface area contributed by atoms with Crippen molar-refractivity contribution in [3.63, 3.8) is 0 Å². The lowest BCUT2D eigenvalue weighted by atomic mass is 9.72. The zero-order chi connectivity index (χ0) is 12.3. The molecule has 0 heterocycles. The van der Waals surface area contributed by atoms with Crippen LogP contribution in [0.1, 0.15) is 64.2 Å². The molecule has 0 unspecified atom stereocenters. The van der Waals surface area contributed by atoms with Gasteiger partial charge in [-0.3, -0.25) is 0 Å². The van der Waals surface area contributed by atoms with E-state index in [-0.39, 0.29) is 0 Å². The van der Waals surface area contributed by atoms with Crippen LogP contribution in [-0.2, 0) is 0 Å². The Labute approximate surface area is 108 Å². The van der Waals surface area contributed by atoms with Crippen molar-refractivity contribution in [2.24, 2.45) is 11.8 Å². The first-order valence-electron chi connectivity index (χ1n) is 7.90. The summed E-state index contributed by atoms with van der Waals surface area (Å²) < 4.78 is 1.20. The van der Waals surface area contributed by atoms with Crippen LogP contribution in [0.4, 0.5) is 0 Å². The van der Waals surface area contributed by atoms with Gasteiger partial charge in [0.2, 0.25) is 0 Å². The molecule has 100 valence electrons. The molecule has 17 heavy (non-hydrogen) atoms. The van der Waals surface area contributed by atoms with Gasteiger partial charge in [0.15, 0.2) is 0 Å². The van der Waals surface area contributed by atoms with E-state index in [1.54, 1.807) is 0 Å². The molecule has 0 saturated heterocycles. The van der Waals surface area contributed by atoms with Crippen LogP contribution in [0.15, 0.2) is 0 Å². The smallest absolute Gasteiger partial charge is 0.0941 e. The maximum absolute atomic E-state index is 2.44. The highest BCUT2D eigenvalue weighted by atomic mass is 15.3. The number of hydrogen-bond acceptors (Lipinski definition) is 0. The molecule has 1 nitrogen and oxygen atoms in total. The summed E-state index contributed by atoms with van der Waals surface area (Å²) in [7, 11) is 7.32. The van der Waals surface area contributed by atoms with Gasteiger partial charge in [-0.15, -0.1) is 0 Å². The molecule has 0 radical (unpaired) electrons. The summed E-state index contributed by atoms with van der Waals surface area (Å²) in [6.07, 6.45) is 15.0. The Morgan fingerprint density at radius 3 is 1.29 bits per heavy atom. The minimum absolute atomic E-state index is 0.940. The maximum atomic E-state index is 2.44. The van der Waals surface area contributed by atoms with Gasteiger partial charge in [-0.25, -0.2) is 0 Å².